The van der Waals surface area contributed by atoms with Gasteiger partial charge in [-0.2, -0.15) is 0 Å². The molecule has 20 heavy (non-hydrogen) atoms. The lowest BCUT2D eigenvalue weighted by atomic mass is 10.1. The summed E-state index contributed by atoms with van der Waals surface area (Å²) in [5.41, 5.74) is 0.937. The van der Waals surface area contributed by atoms with E-state index in [0.717, 1.165) is 0 Å². The Balaban J connectivity index is 2.59. The van der Waals surface area contributed by atoms with E-state index in [9.17, 15) is 18.0 Å². The molecule has 0 bridgehead atoms. The minimum Gasteiger partial charge on any atom is -0.325 e. The fourth-order valence-corrected chi connectivity index (χ4v) is 2.57. The van der Waals surface area contributed by atoms with Gasteiger partial charge in [0.2, 0.25) is 15.9 Å². The topological polar surface area (TPSA) is 92.3 Å². The molecule has 0 aliphatic heterocycles. The first-order valence-corrected chi connectivity index (χ1v) is 7.87. The van der Waals surface area contributed by atoms with Crippen LogP contribution in [-0.4, -0.2) is 32.4 Å². The number of anilines is 1. The first kappa shape index (κ1) is 16.3. The maximum Gasteiger partial charge on any atom is 0.239 e. The van der Waals surface area contributed by atoms with E-state index in [4.69, 9.17) is 0 Å². The molecule has 1 amide bonds. The van der Waals surface area contributed by atoms with Crippen LogP contribution in [0.5, 0.6) is 0 Å². The summed E-state index contributed by atoms with van der Waals surface area (Å²) in [7, 11) is -3.41. The van der Waals surface area contributed by atoms with Crippen LogP contribution in [0, 0.1) is 0 Å². The molecule has 110 valence electrons. The van der Waals surface area contributed by atoms with Gasteiger partial charge in [0.25, 0.3) is 0 Å². The van der Waals surface area contributed by atoms with Gasteiger partial charge in [0.1, 0.15) is 0 Å². The van der Waals surface area contributed by atoms with E-state index in [-0.39, 0.29) is 18.1 Å². The number of carbonyl (C=O) groups is 2. The van der Waals surface area contributed by atoms with Gasteiger partial charge in [-0.15, -0.1) is 0 Å². The summed E-state index contributed by atoms with van der Waals surface area (Å²) in [6.07, 6.45) is 0.484. The summed E-state index contributed by atoms with van der Waals surface area (Å²) < 4.78 is 25.0. The van der Waals surface area contributed by atoms with Crippen molar-refractivity contribution in [2.75, 3.05) is 17.6 Å². The van der Waals surface area contributed by atoms with Crippen molar-refractivity contribution in [3.8, 4) is 0 Å². The van der Waals surface area contributed by atoms with Crippen LogP contribution in [0.1, 0.15) is 30.6 Å². The van der Waals surface area contributed by atoms with Gasteiger partial charge in [-0.05, 0) is 25.5 Å². The van der Waals surface area contributed by atoms with Crippen molar-refractivity contribution in [1.29, 1.82) is 0 Å². The van der Waals surface area contributed by atoms with Gasteiger partial charge in [0, 0.05) is 11.3 Å². The number of hydrogen-bond acceptors (Lipinski definition) is 4. The third-order valence-corrected chi connectivity index (χ3v) is 4.01. The fraction of sp³-hybridized carbons (Fsp3) is 0.385. The zero-order valence-corrected chi connectivity index (χ0v) is 12.3. The number of ketones is 1. The lowest BCUT2D eigenvalue weighted by molar-refractivity contribution is -0.115. The Hall–Kier alpha value is -1.73. The second kappa shape index (κ2) is 7.16. The normalized spacial score (nSPS) is 11.1. The summed E-state index contributed by atoms with van der Waals surface area (Å²) in [6, 6.07) is 6.46. The molecule has 0 saturated heterocycles. The molecule has 6 nitrogen and oxygen atoms in total. The monoisotopic (exact) mass is 298 g/mol. The summed E-state index contributed by atoms with van der Waals surface area (Å²) in [4.78, 5) is 22.8. The molecule has 0 heterocycles. The zero-order chi connectivity index (χ0) is 15.2. The van der Waals surface area contributed by atoms with E-state index in [0.29, 0.717) is 17.7 Å². The summed E-state index contributed by atoms with van der Waals surface area (Å²) in [5, 5.41) is 2.53. The lowest BCUT2D eigenvalue weighted by Crippen LogP contribution is -2.34. The highest BCUT2D eigenvalue weighted by Gasteiger charge is 2.11. The lowest BCUT2D eigenvalue weighted by Gasteiger charge is -2.08. The van der Waals surface area contributed by atoms with Crippen LogP contribution < -0.4 is 10.0 Å². The van der Waals surface area contributed by atoms with E-state index >= 15 is 0 Å². The molecule has 0 saturated carbocycles. The number of rotatable bonds is 7. The third-order valence-electron chi connectivity index (χ3n) is 2.48. The summed E-state index contributed by atoms with van der Waals surface area (Å²) in [6.45, 7) is 2.85. The van der Waals surface area contributed by atoms with E-state index < -0.39 is 15.9 Å². The number of nitrogens with one attached hydrogen (secondary N) is 2. The molecule has 7 heteroatoms. The molecular weight excluding hydrogens is 280 g/mol. The maximum atomic E-state index is 11.6. The van der Waals surface area contributed by atoms with Crippen molar-refractivity contribution >= 4 is 27.4 Å². The van der Waals surface area contributed by atoms with Crippen LogP contribution in [0.2, 0.25) is 0 Å². The maximum absolute atomic E-state index is 11.6. The molecule has 0 aliphatic carbocycles. The molecular formula is C13H18N2O4S. The van der Waals surface area contributed by atoms with Gasteiger partial charge in [-0.3, -0.25) is 9.59 Å². The number of hydrogen-bond donors (Lipinski definition) is 2. The van der Waals surface area contributed by atoms with Crippen molar-refractivity contribution in [2.45, 2.75) is 20.3 Å². The van der Waals surface area contributed by atoms with E-state index in [2.05, 4.69) is 10.0 Å². The number of sulfonamides is 1. The standard InChI is InChI=1S/C13H18N2O4S/c1-3-7-20(18,19)14-9-13(17)15-12-6-4-5-11(8-12)10(2)16/h4-6,8,14H,3,7,9H2,1-2H3,(H,15,17). The average molecular weight is 298 g/mol. The van der Waals surface area contributed by atoms with Crippen molar-refractivity contribution in [3.05, 3.63) is 29.8 Å². The molecule has 0 fully saturated rings. The largest absolute Gasteiger partial charge is 0.325 e. The Bertz CT molecular complexity index is 596. The molecule has 0 aliphatic rings. The first-order valence-electron chi connectivity index (χ1n) is 6.22. The van der Waals surface area contributed by atoms with Gasteiger partial charge in [-0.25, -0.2) is 13.1 Å². The fourth-order valence-electron chi connectivity index (χ4n) is 1.54. The highest BCUT2D eigenvalue weighted by atomic mass is 32.2. The third kappa shape index (κ3) is 5.50. The zero-order valence-electron chi connectivity index (χ0n) is 11.5. The second-order valence-electron chi connectivity index (χ2n) is 4.33. The predicted molar refractivity (Wildman–Crippen MR) is 77.2 cm³/mol. The van der Waals surface area contributed by atoms with E-state index in [1.165, 1.54) is 6.92 Å². The Morgan fingerprint density at radius 3 is 2.55 bits per heavy atom. The van der Waals surface area contributed by atoms with Gasteiger partial charge in [0.15, 0.2) is 5.78 Å². The van der Waals surface area contributed by atoms with E-state index in [1.54, 1.807) is 31.2 Å². The van der Waals surface area contributed by atoms with Gasteiger partial charge in [0.05, 0.1) is 12.3 Å². The Kier molecular flexibility index (Phi) is 5.84. The number of carbonyl (C=O) groups excluding carboxylic acids is 2. The van der Waals surface area contributed by atoms with Crippen molar-refractivity contribution in [3.63, 3.8) is 0 Å². The van der Waals surface area contributed by atoms with Gasteiger partial charge < -0.3 is 5.32 Å². The van der Waals surface area contributed by atoms with Gasteiger partial charge in [-0.1, -0.05) is 19.1 Å². The predicted octanol–water partition coefficient (Wildman–Crippen LogP) is 1.16. The Morgan fingerprint density at radius 1 is 1.25 bits per heavy atom. The SMILES string of the molecule is CCCS(=O)(=O)NCC(=O)Nc1cccc(C(C)=O)c1. The molecule has 1 rings (SSSR count). The molecule has 0 spiro atoms. The molecule has 0 radical (unpaired) electrons. The molecule has 0 unspecified atom stereocenters. The highest BCUT2D eigenvalue weighted by Crippen LogP contribution is 2.10. The molecule has 1 aromatic rings. The molecule has 0 aromatic heterocycles. The van der Waals surface area contributed by atoms with Crippen molar-refractivity contribution in [1.82, 2.24) is 4.72 Å². The smallest absolute Gasteiger partial charge is 0.239 e. The molecule has 0 atom stereocenters. The van der Waals surface area contributed by atoms with Crippen LogP contribution >= 0.6 is 0 Å². The van der Waals surface area contributed by atoms with Crippen LogP contribution in [-0.2, 0) is 14.8 Å². The van der Waals surface area contributed by atoms with Crippen LogP contribution in [0.25, 0.3) is 0 Å². The first-order chi connectivity index (χ1) is 9.34. The van der Waals surface area contributed by atoms with Crippen molar-refractivity contribution < 1.29 is 18.0 Å². The van der Waals surface area contributed by atoms with E-state index in [1.807, 2.05) is 0 Å². The second-order valence-corrected chi connectivity index (χ2v) is 6.25. The van der Waals surface area contributed by atoms with Crippen LogP contribution in [0.15, 0.2) is 24.3 Å². The van der Waals surface area contributed by atoms with Crippen molar-refractivity contribution in [2.24, 2.45) is 0 Å². The number of benzene rings is 1. The van der Waals surface area contributed by atoms with Gasteiger partial charge >= 0.3 is 0 Å². The highest BCUT2D eigenvalue weighted by molar-refractivity contribution is 7.89. The Labute approximate surface area is 118 Å². The number of Topliss-reactive ketones (excluding diaryl/α,β-unsaturated/α-hetero) is 1. The number of amides is 1. The minimum atomic E-state index is -3.41. The quantitative estimate of drug-likeness (QED) is 0.739. The molecule has 2 N–H and O–H groups in total. The average Bonchev–Trinajstić information content (AvgIpc) is 2.37. The van der Waals surface area contributed by atoms with Crippen LogP contribution in [0.4, 0.5) is 5.69 Å². The Morgan fingerprint density at radius 2 is 1.95 bits per heavy atom. The summed E-state index contributed by atoms with van der Waals surface area (Å²) >= 11 is 0. The molecule has 1 aromatic carbocycles. The minimum absolute atomic E-state index is 0.0138. The van der Waals surface area contributed by atoms with Crippen LogP contribution in [0.3, 0.4) is 0 Å². The summed E-state index contributed by atoms with van der Waals surface area (Å²) in [5.74, 6) is -0.602.